The van der Waals surface area contributed by atoms with E-state index in [2.05, 4.69) is 9.98 Å². The molecule has 0 aromatic carbocycles. The highest BCUT2D eigenvalue weighted by atomic mass is 19.3. The summed E-state index contributed by atoms with van der Waals surface area (Å²) < 4.78 is 25.9. The number of likely N-dealkylation sites (tertiary alicyclic amines) is 1. The van der Waals surface area contributed by atoms with Crippen molar-refractivity contribution in [1.82, 2.24) is 14.5 Å². The summed E-state index contributed by atoms with van der Waals surface area (Å²) in [6, 6.07) is 0. The third-order valence-corrected chi connectivity index (χ3v) is 3.02. The first-order valence-electron chi connectivity index (χ1n) is 6.03. The molecule has 1 saturated heterocycles. The maximum Gasteiger partial charge on any atom is 0.319 e. The van der Waals surface area contributed by atoms with Gasteiger partial charge in [0, 0.05) is 25.5 Å². The van der Waals surface area contributed by atoms with Crippen LogP contribution in [0.3, 0.4) is 0 Å². The molecule has 0 radical (unpaired) electrons. The number of halogens is 2. The molecule has 0 atom stereocenters. The second kappa shape index (κ2) is 5.79. The van der Waals surface area contributed by atoms with Crippen LogP contribution in [-0.4, -0.2) is 33.5 Å². The van der Waals surface area contributed by atoms with Gasteiger partial charge in [0.25, 0.3) is 0 Å². The van der Waals surface area contributed by atoms with Crippen molar-refractivity contribution in [3.05, 3.63) is 18.2 Å². The van der Waals surface area contributed by atoms with E-state index in [1.54, 1.807) is 0 Å². The first-order valence-corrected chi connectivity index (χ1v) is 6.03. The van der Waals surface area contributed by atoms with Crippen LogP contribution in [0.15, 0.2) is 17.4 Å². The highest BCUT2D eigenvalue weighted by Crippen LogP contribution is 2.13. The quantitative estimate of drug-likeness (QED) is 0.660. The average Bonchev–Trinajstić information content (AvgIpc) is 2.85. The zero-order valence-corrected chi connectivity index (χ0v) is 10.1. The minimum Gasteiger partial charge on any atom is -0.370 e. The maximum absolute atomic E-state index is 12.6. The maximum atomic E-state index is 12.6. The number of rotatable bonds is 3. The Balaban J connectivity index is 1.98. The molecule has 0 saturated carbocycles. The topological polar surface area (TPSA) is 59.4 Å². The predicted octanol–water partition coefficient (Wildman–Crippen LogP) is 1.58. The van der Waals surface area contributed by atoms with Crippen LogP contribution in [0.1, 0.15) is 31.6 Å². The second-order valence-corrected chi connectivity index (χ2v) is 4.25. The SMILES string of the molecule is NC(=NCc1nccn1C(F)F)N1CCCCC1. The molecule has 100 valence electrons. The summed E-state index contributed by atoms with van der Waals surface area (Å²) in [5, 5.41) is 0. The van der Waals surface area contributed by atoms with Gasteiger partial charge in [-0.3, -0.25) is 4.57 Å². The minimum absolute atomic E-state index is 0.0830. The van der Waals surface area contributed by atoms with Crippen molar-refractivity contribution >= 4 is 5.96 Å². The molecule has 0 bridgehead atoms. The van der Waals surface area contributed by atoms with E-state index in [-0.39, 0.29) is 12.4 Å². The zero-order valence-electron chi connectivity index (χ0n) is 10.1. The van der Waals surface area contributed by atoms with E-state index in [4.69, 9.17) is 5.73 Å². The fourth-order valence-electron chi connectivity index (χ4n) is 2.02. The van der Waals surface area contributed by atoms with E-state index in [1.165, 1.54) is 18.8 Å². The number of hydrogen-bond donors (Lipinski definition) is 1. The highest BCUT2D eigenvalue weighted by Gasteiger charge is 2.13. The van der Waals surface area contributed by atoms with Crippen LogP contribution in [-0.2, 0) is 6.54 Å². The molecular weight excluding hydrogens is 240 g/mol. The van der Waals surface area contributed by atoms with Crippen LogP contribution in [0.2, 0.25) is 0 Å². The van der Waals surface area contributed by atoms with E-state index < -0.39 is 6.55 Å². The smallest absolute Gasteiger partial charge is 0.319 e. The summed E-state index contributed by atoms with van der Waals surface area (Å²) >= 11 is 0. The first-order chi connectivity index (χ1) is 8.68. The summed E-state index contributed by atoms with van der Waals surface area (Å²) in [6.07, 6.45) is 5.99. The lowest BCUT2D eigenvalue weighted by Crippen LogP contribution is -2.40. The van der Waals surface area contributed by atoms with Crippen LogP contribution in [0.25, 0.3) is 0 Å². The van der Waals surface area contributed by atoms with Gasteiger partial charge in [-0.1, -0.05) is 0 Å². The zero-order chi connectivity index (χ0) is 13.0. The van der Waals surface area contributed by atoms with Crippen molar-refractivity contribution in [2.24, 2.45) is 10.7 Å². The molecule has 1 aliphatic heterocycles. The lowest BCUT2D eigenvalue weighted by atomic mass is 10.1. The average molecular weight is 257 g/mol. The van der Waals surface area contributed by atoms with Gasteiger partial charge >= 0.3 is 6.55 Å². The van der Waals surface area contributed by atoms with Crippen LogP contribution < -0.4 is 5.73 Å². The monoisotopic (exact) mass is 257 g/mol. The molecule has 5 nitrogen and oxygen atoms in total. The number of nitrogens with two attached hydrogens (primary N) is 1. The molecule has 0 spiro atoms. The van der Waals surface area contributed by atoms with Gasteiger partial charge in [-0.05, 0) is 19.3 Å². The van der Waals surface area contributed by atoms with E-state index in [9.17, 15) is 8.78 Å². The number of alkyl halides is 2. The van der Waals surface area contributed by atoms with E-state index in [0.29, 0.717) is 5.96 Å². The number of hydrogen-bond acceptors (Lipinski definition) is 2. The molecule has 1 aromatic rings. The van der Waals surface area contributed by atoms with Crippen molar-refractivity contribution in [1.29, 1.82) is 0 Å². The molecule has 0 amide bonds. The Morgan fingerprint density at radius 3 is 2.78 bits per heavy atom. The third kappa shape index (κ3) is 2.96. The Kier molecular flexibility index (Phi) is 4.11. The molecule has 0 aliphatic carbocycles. The Morgan fingerprint density at radius 1 is 1.39 bits per heavy atom. The molecule has 2 rings (SSSR count). The minimum atomic E-state index is -2.59. The van der Waals surface area contributed by atoms with Gasteiger partial charge in [-0.2, -0.15) is 8.78 Å². The second-order valence-electron chi connectivity index (χ2n) is 4.25. The third-order valence-electron chi connectivity index (χ3n) is 3.02. The summed E-state index contributed by atoms with van der Waals surface area (Å²) in [5.74, 6) is 0.642. The van der Waals surface area contributed by atoms with Crippen LogP contribution in [0, 0.1) is 0 Å². The summed E-state index contributed by atoms with van der Waals surface area (Å²) in [4.78, 5) is 9.98. The lowest BCUT2D eigenvalue weighted by molar-refractivity contribution is 0.0671. The number of aliphatic imine (C=N–C) groups is 1. The van der Waals surface area contributed by atoms with Crippen molar-refractivity contribution in [2.45, 2.75) is 32.4 Å². The van der Waals surface area contributed by atoms with E-state index in [1.807, 2.05) is 4.90 Å². The van der Waals surface area contributed by atoms with E-state index >= 15 is 0 Å². The highest BCUT2D eigenvalue weighted by molar-refractivity contribution is 5.78. The summed E-state index contributed by atoms with van der Waals surface area (Å²) in [7, 11) is 0. The summed E-state index contributed by atoms with van der Waals surface area (Å²) in [6.45, 7) is -0.731. The standard InChI is InChI=1S/C11H17F2N5/c12-10(13)18-7-4-15-9(18)8-16-11(14)17-5-2-1-3-6-17/h4,7,10H,1-3,5-6,8H2,(H2,14,16). The normalized spacial score (nSPS) is 17.5. The Bertz CT molecular complexity index is 409. The molecule has 2 N–H and O–H groups in total. The number of piperidine rings is 1. The molecule has 18 heavy (non-hydrogen) atoms. The molecular formula is C11H17F2N5. The number of guanidine groups is 1. The number of aromatic nitrogens is 2. The molecule has 0 unspecified atom stereocenters. The Labute approximate surface area is 104 Å². The van der Waals surface area contributed by atoms with Gasteiger partial charge in [-0.25, -0.2) is 9.98 Å². The van der Waals surface area contributed by atoms with Crippen LogP contribution in [0.5, 0.6) is 0 Å². The molecule has 1 fully saturated rings. The van der Waals surface area contributed by atoms with Gasteiger partial charge in [0.15, 0.2) is 5.96 Å². The van der Waals surface area contributed by atoms with Crippen LogP contribution in [0.4, 0.5) is 8.78 Å². The van der Waals surface area contributed by atoms with Gasteiger partial charge in [-0.15, -0.1) is 0 Å². The number of nitrogens with zero attached hydrogens (tertiary/aromatic N) is 4. The Hall–Kier alpha value is -1.66. The first kappa shape index (κ1) is 12.8. The Morgan fingerprint density at radius 2 is 2.11 bits per heavy atom. The fraction of sp³-hybridized carbons (Fsp3) is 0.636. The lowest BCUT2D eigenvalue weighted by Gasteiger charge is -2.27. The summed E-state index contributed by atoms with van der Waals surface area (Å²) in [5.41, 5.74) is 5.84. The van der Waals surface area contributed by atoms with Gasteiger partial charge in [0.1, 0.15) is 12.4 Å². The van der Waals surface area contributed by atoms with Crippen molar-refractivity contribution in [3.63, 3.8) is 0 Å². The molecule has 1 aliphatic rings. The van der Waals surface area contributed by atoms with Crippen LogP contribution >= 0.6 is 0 Å². The van der Waals surface area contributed by atoms with Gasteiger partial charge in [0.05, 0.1) is 0 Å². The fourth-order valence-corrected chi connectivity index (χ4v) is 2.02. The van der Waals surface area contributed by atoms with Crippen molar-refractivity contribution < 1.29 is 8.78 Å². The molecule has 1 aromatic heterocycles. The molecule has 2 heterocycles. The van der Waals surface area contributed by atoms with E-state index in [0.717, 1.165) is 30.5 Å². The van der Waals surface area contributed by atoms with Crippen molar-refractivity contribution in [3.8, 4) is 0 Å². The number of imidazole rings is 1. The van der Waals surface area contributed by atoms with Gasteiger partial charge < -0.3 is 10.6 Å². The van der Waals surface area contributed by atoms with Gasteiger partial charge in [0.2, 0.25) is 0 Å². The predicted molar refractivity (Wildman–Crippen MR) is 64.2 cm³/mol. The molecule has 7 heteroatoms. The van der Waals surface area contributed by atoms with Crippen molar-refractivity contribution in [2.75, 3.05) is 13.1 Å². The largest absolute Gasteiger partial charge is 0.370 e.